The molecule has 0 aliphatic heterocycles. The second-order valence-corrected chi connectivity index (χ2v) is 7.16. The van der Waals surface area contributed by atoms with Gasteiger partial charge in [0, 0.05) is 30.5 Å². The molecule has 0 spiro atoms. The lowest BCUT2D eigenvalue weighted by atomic mass is 10.1. The summed E-state index contributed by atoms with van der Waals surface area (Å²) >= 11 is 7.59. The predicted octanol–water partition coefficient (Wildman–Crippen LogP) is 2.77. The van der Waals surface area contributed by atoms with Crippen molar-refractivity contribution in [3.63, 3.8) is 0 Å². The summed E-state index contributed by atoms with van der Waals surface area (Å²) in [5, 5.41) is 9.32. The van der Waals surface area contributed by atoms with E-state index in [1.165, 1.54) is 15.3 Å². The zero-order valence-electron chi connectivity index (χ0n) is 14.5. The minimum absolute atomic E-state index is 0.0325. The number of carbonyl (C=O) groups excluding carboxylic acids is 1. The molecule has 0 unspecified atom stereocenters. The van der Waals surface area contributed by atoms with Gasteiger partial charge in [-0.15, -0.1) is 11.3 Å². The van der Waals surface area contributed by atoms with Crippen LogP contribution in [0, 0.1) is 0 Å². The Morgan fingerprint density at radius 3 is 2.60 bits per heavy atom. The molecule has 0 atom stereocenters. The lowest BCUT2D eigenvalue weighted by molar-refractivity contribution is -0.127. The van der Waals surface area contributed by atoms with Crippen molar-refractivity contribution in [1.82, 2.24) is 15.5 Å². The molecule has 2 aromatic rings. The van der Waals surface area contributed by atoms with E-state index in [-0.39, 0.29) is 12.5 Å². The highest BCUT2D eigenvalue weighted by molar-refractivity contribution is 7.09. The van der Waals surface area contributed by atoms with Crippen molar-refractivity contribution in [3.05, 3.63) is 57.2 Å². The lowest BCUT2D eigenvalue weighted by Gasteiger charge is -2.13. The van der Waals surface area contributed by atoms with Crippen LogP contribution in [0.25, 0.3) is 0 Å². The van der Waals surface area contributed by atoms with Crippen LogP contribution in [0.2, 0.25) is 5.02 Å². The minimum Gasteiger partial charge on any atom is -0.356 e. The first-order valence-electron chi connectivity index (χ1n) is 8.04. The van der Waals surface area contributed by atoms with Crippen LogP contribution in [0.3, 0.4) is 0 Å². The molecule has 0 aliphatic rings. The molecule has 2 N–H and O–H groups in total. The van der Waals surface area contributed by atoms with E-state index in [1.54, 1.807) is 25.4 Å². The molecule has 0 fully saturated rings. The first-order valence-corrected chi connectivity index (χ1v) is 9.29. The number of likely N-dealkylation sites (N-methyl/N-ethyl adjacent to an activating group) is 1. The fourth-order valence-electron chi connectivity index (χ4n) is 2.02. The predicted molar refractivity (Wildman–Crippen MR) is 105 cm³/mol. The molecule has 134 valence electrons. The highest BCUT2D eigenvalue weighted by Gasteiger charge is 2.05. The maximum atomic E-state index is 11.8. The van der Waals surface area contributed by atoms with Gasteiger partial charge in [-0.3, -0.25) is 4.79 Å². The molecule has 0 radical (unpaired) electrons. The average Bonchev–Trinajstić information content (AvgIpc) is 3.11. The summed E-state index contributed by atoms with van der Waals surface area (Å²) in [6.07, 6.45) is 0.846. The molecule has 25 heavy (non-hydrogen) atoms. The maximum absolute atomic E-state index is 11.8. The third-order valence-corrected chi connectivity index (χ3v) is 4.63. The molecule has 1 aromatic carbocycles. The molecule has 1 heterocycles. The van der Waals surface area contributed by atoms with Crippen molar-refractivity contribution < 1.29 is 4.79 Å². The molecule has 0 aliphatic carbocycles. The Bertz CT molecular complexity index is 684. The summed E-state index contributed by atoms with van der Waals surface area (Å²) in [6.45, 7) is 1.52. The van der Waals surface area contributed by atoms with Gasteiger partial charge in [0.2, 0.25) is 5.91 Å². The number of amides is 1. The first kappa shape index (κ1) is 19.3. The molecule has 7 heteroatoms. The Morgan fingerprint density at radius 2 is 1.96 bits per heavy atom. The number of carbonyl (C=O) groups is 1. The number of rotatable bonds is 7. The van der Waals surface area contributed by atoms with Gasteiger partial charge in [-0.2, -0.15) is 0 Å². The van der Waals surface area contributed by atoms with Crippen LogP contribution < -0.4 is 10.6 Å². The van der Waals surface area contributed by atoms with Gasteiger partial charge in [0.05, 0.1) is 6.54 Å². The van der Waals surface area contributed by atoms with Gasteiger partial charge in [0.1, 0.15) is 6.54 Å². The monoisotopic (exact) mass is 378 g/mol. The van der Waals surface area contributed by atoms with E-state index in [1.807, 2.05) is 35.7 Å². The molecule has 0 saturated carbocycles. The summed E-state index contributed by atoms with van der Waals surface area (Å²) < 4.78 is 0. The van der Waals surface area contributed by atoms with Gasteiger partial charge in [-0.1, -0.05) is 29.8 Å². The number of benzene rings is 1. The third-order valence-electron chi connectivity index (χ3n) is 3.50. The highest BCUT2D eigenvalue weighted by atomic mass is 35.5. The van der Waals surface area contributed by atoms with E-state index in [4.69, 9.17) is 11.6 Å². The fraction of sp³-hybridized carbons (Fsp3) is 0.333. The normalized spacial score (nSPS) is 11.2. The Kier molecular flexibility index (Phi) is 7.76. The van der Waals surface area contributed by atoms with Crippen LogP contribution in [0.1, 0.15) is 10.4 Å². The second kappa shape index (κ2) is 10.1. The van der Waals surface area contributed by atoms with Gasteiger partial charge >= 0.3 is 0 Å². The van der Waals surface area contributed by atoms with Gasteiger partial charge < -0.3 is 15.5 Å². The van der Waals surface area contributed by atoms with E-state index in [9.17, 15) is 4.79 Å². The molecular weight excluding hydrogens is 356 g/mol. The number of thiophene rings is 1. The van der Waals surface area contributed by atoms with Crippen LogP contribution in [0.15, 0.2) is 46.8 Å². The van der Waals surface area contributed by atoms with E-state index in [0.717, 1.165) is 11.4 Å². The van der Waals surface area contributed by atoms with Crippen LogP contribution in [0.5, 0.6) is 0 Å². The quantitative estimate of drug-likeness (QED) is 0.575. The molecule has 1 amide bonds. The summed E-state index contributed by atoms with van der Waals surface area (Å²) in [5.74, 6) is 0.604. The van der Waals surface area contributed by atoms with Crippen LogP contribution in [-0.4, -0.2) is 44.0 Å². The van der Waals surface area contributed by atoms with E-state index < -0.39 is 0 Å². The number of hydrogen-bond donors (Lipinski definition) is 2. The average molecular weight is 379 g/mol. The van der Waals surface area contributed by atoms with Gasteiger partial charge in [0.15, 0.2) is 5.96 Å². The first-order chi connectivity index (χ1) is 12.0. The van der Waals surface area contributed by atoms with E-state index >= 15 is 0 Å². The molecule has 0 bridgehead atoms. The molecule has 0 saturated heterocycles. The Labute approximate surface area is 157 Å². The number of nitrogens with zero attached hydrogens (tertiary/aromatic N) is 2. The van der Waals surface area contributed by atoms with E-state index in [0.29, 0.717) is 19.0 Å². The van der Waals surface area contributed by atoms with Crippen molar-refractivity contribution in [2.45, 2.75) is 13.0 Å². The SMILES string of the molecule is CN(C)C(=O)CN=C(NCCc1ccc(Cl)cc1)NCc1cccs1. The topological polar surface area (TPSA) is 56.7 Å². The zero-order valence-corrected chi connectivity index (χ0v) is 16.0. The second-order valence-electron chi connectivity index (χ2n) is 5.69. The van der Waals surface area contributed by atoms with Crippen LogP contribution >= 0.6 is 22.9 Å². The third kappa shape index (κ3) is 7.15. The molecule has 5 nitrogen and oxygen atoms in total. The van der Waals surface area contributed by atoms with Gasteiger partial charge in [-0.25, -0.2) is 4.99 Å². The van der Waals surface area contributed by atoms with Gasteiger partial charge in [0.25, 0.3) is 0 Å². The van der Waals surface area contributed by atoms with Gasteiger partial charge in [-0.05, 0) is 35.6 Å². The Balaban J connectivity index is 1.89. The summed E-state index contributed by atoms with van der Waals surface area (Å²) in [7, 11) is 3.45. The summed E-state index contributed by atoms with van der Waals surface area (Å²) in [6, 6.07) is 11.9. The van der Waals surface area contributed by atoms with Crippen molar-refractivity contribution in [2.24, 2.45) is 4.99 Å². The number of hydrogen-bond acceptors (Lipinski definition) is 3. The Morgan fingerprint density at radius 1 is 1.20 bits per heavy atom. The van der Waals surface area contributed by atoms with Crippen molar-refractivity contribution in [1.29, 1.82) is 0 Å². The Hall–Kier alpha value is -2.05. The van der Waals surface area contributed by atoms with Crippen LogP contribution in [0.4, 0.5) is 0 Å². The smallest absolute Gasteiger partial charge is 0.243 e. The number of guanidine groups is 1. The summed E-state index contributed by atoms with van der Waals surface area (Å²) in [5.41, 5.74) is 1.19. The minimum atomic E-state index is -0.0325. The molecular formula is C18H23ClN4OS. The fourth-order valence-corrected chi connectivity index (χ4v) is 2.79. The largest absolute Gasteiger partial charge is 0.356 e. The zero-order chi connectivity index (χ0) is 18.1. The van der Waals surface area contributed by atoms with E-state index in [2.05, 4.69) is 21.7 Å². The van der Waals surface area contributed by atoms with Crippen molar-refractivity contribution in [3.8, 4) is 0 Å². The lowest BCUT2D eigenvalue weighted by Crippen LogP contribution is -2.39. The molecule has 2 rings (SSSR count). The maximum Gasteiger partial charge on any atom is 0.243 e. The highest BCUT2D eigenvalue weighted by Crippen LogP contribution is 2.09. The van der Waals surface area contributed by atoms with Crippen molar-refractivity contribution >= 4 is 34.8 Å². The number of aliphatic imine (C=N–C) groups is 1. The van der Waals surface area contributed by atoms with Crippen LogP contribution in [-0.2, 0) is 17.8 Å². The summed E-state index contributed by atoms with van der Waals surface area (Å²) in [4.78, 5) is 18.9. The number of nitrogens with one attached hydrogen (secondary N) is 2. The number of halogens is 1. The molecule has 1 aromatic heterocycles. The van der Waals surface area contributed by atoms with Crippen molar-refractivity contribution in [2.75, 3.05) is 27.2 Å². The standard InChI is InChI=1S/C18H23ClN4OS/c1-23(2)17(24)13-22-18(21-12-16-4-3-11-25-16)20-10-9-14-5-7-15(19)8-6-14/h3-8,11H,9-10,12-13H2,1-2H3,(H2,20,21,22).